The van der Waals surface area contributed by atoms with Crippen molar-refractivity contribution >= 4 is 5.70 Å². The van der Waals surface area contributed by atoms with E-state index >= 15 is 0 Å². The van der Waals surface area contributed by atoms with E-state index in [0.29, 0.717) is 6.04 Å². The molecule has 1 aromatic rings. The summed E-state index contributed by atoms with van der Waals surface area (Å²) in [4.78, 5) is 2.34. The Balaban J connectivity index is 1.81. The van der Waals surface area contributed by atoms with Gasteiger partial charge in [0.2, 0.25) is 0 Å². The molecule has 1 saturated carbocycles. The molecule has 116 valence electrons. The summed E-state index contributed by atoms with van der Waals surface area (Å²) in [5.41, 5.74) is 4.04. The number of nitrogens with zero attached hydrogens (tertiary/aromatic N) is 1. The van der Waals surface area contributed by atoms with Crippen LogP contribution in [0.3, 0.4) is 0 Å². The summed E-state index contributed by atoms with van der Waals surface area (Å²) in [6, 6.07) is 9.23. The van der Waals surface area contributed by atoms with E-state index < -0.39 is 0 Å². The standard InChI is InChI=1S/C21H27N/c1-3-10-20-18-13-8-9-14-19(18)21(22(20)4-2)16-15-17-11-6-5-7-12-17/h3-4,8-10,13-14,17,21H,1-2,5-7,11-12,15-16H2/b20-10-/t21-/m0/s1. The van der Waals surface area contributed by atoms with Gasteiger partial charge in [0.25, 0.3) is 0 Å². The molecule has 2 aliphatic rings. The molecule has 1 atom stereocenters. The SMILES string of the molecule is C=C/C=C1/c2ccccc2[C@H](CCC2CCCCC2)N1C=C. The van der Waals surface area contributed by atoms with Gasteiger partial charge in [-0.05, 0) is 36.6 Å². The smallest absolute Gasteiger partial charge is 0.0592 e. The van der Waals surface area contributed by atoms with Crippen LogP contribution < -0.4 is 0 Å². The Bertz CT molecular complexity index is 563. The average Bonchev–Trinajstić information content (AvgIpc) is 2.87. The van der Waals surface area contributed by atoms with Crippen LogP contribution in [0.25, 0.3) is 5.70 Å². The van der Waals surface area contributed by atoms with Gasteiger partial charge in [0.05, 0.1) is 6.04 Å². The van der Waals surface area contributed by atoms with E-state index in [-0.39, 0.29) is 0 Å². The zero-order valence-electron chi connectivity index (χ0n) is 13.5. The lowest BCUT2D eigenvalue weighted by Gasteiger charge is -2.27. The highest BCUT2D eigenvalue weighted by Gasteiger charge is 2.31. The van der Waals surface area contributed by atoms with Crippen LogP contribution in [0.15, 0.2) is 55.8 Å². The predicted molar refractivity (Wildman–Crippen MR) is 95.2 cm³/mol. The first kappa shape index (κ1) is 15.1. The van der Waals surface area contributed by atoms with Crippen LogP contribution in [0.1, 0.15) is 62.1 Å². The second kappa shape index (κ2) is 7.00. The molecule has 1 aliphatic carbocycles. The summed E-state index contributed by atoms with van der Waals surface area (Å²) in [6.45, 7) is 7.93. The second-order valence-corrected chi connectivity index (χ2v) is 6.56. The van der Waals surface area contributed by atoms with E-state index in [2.05, 4.69) is 48.4 Å². The topological polar surface area (TPSA) is 3.24 Å². The Hall–Kier alpha value is -1.76. The van der Waals surface area contributed by atoms with Crippen LogP contribution in [0.2, 0.25) is 0 Å². The minimum absolute atomic E-state index is 0.446. The Morgan fingerprint density at radius 3 is 2.55 bits per heavy atom. The highest BCUT2D eigenvalue weighted by Crippen LogP contribution is 2.44. The largest absolute Gasteiger partial charge is 0.341 e. The fourth-order valence-electron chi connectivity index (χ4n) is 4.15. The van der Waals surface area contributed by atoms with Crippen molar-refractivity contribution in [2.75, 3.05) is 0 Å². The van der Waals surface area contributed by atoms with Crippen molar-refractivity contribution in [1.82, 2.24) is 4.90 Å². The molecule has 1 heteroatoms. The van der Waals surface area contributed by atoms with Gasteiger partial charge < -0.3 is 4.90 Å². The molecule has 0 unspecified atom stereocenters. The summed E-state index contributed by atoms with van der Waals surface area (Å²) < 4.78 is 0. The molecule has 1 aromatic carbocycles. The molecule has 0 bridgehead atoms. The fourth-order valence-corrected chi connectivity index (χ4v) is 4.15. The van der Waals surface area contributed by atoms with Gasteiger partial charge in [0.15, 0.2) is 0 Å². The van der Waals surface area contributed by atoms with Crippen molar-refractivity contribution in [3.05, 3.63) is 66.9 Å². The summed E-state index contributed by atoms with van der Waals surface area (Å²) in [7, 11) is 0. The summed E-state index contributed by atoms with van der Waals surface area (Å²) >= 11 is 0. The van der Waals surface area contributed by atoms with E-state index in [9.17, 15) is 0 Å². The number of benzene rings is 1. The van der Waals surface area contributed by atoms with Crippen molar-refractivity contribution in [1.29, 1.82) is 0 Å². The van der Waals surface area contributed by atoms with Gasteiger partial charge >= 0.3 is 0 Å². The highest BCUT2D eigenvalue weighted by atomic mass is 15.2. The van der Waals surface area contributed by atoms with Crippen molar-refractivity contribution in [2.24, 2.45) is 5.92 Å². The molecule has 1 heterocycles. The highest BCUT2D eigenvalue weighted by molar-refractivity contribution is 5.74. The summed E-state index contributed by atoms with van der Waals surface area (Å²) in [6.07, 6.45) is 15.7. The molecule has 0 saturated heterocycles. The predicted octanol–water partition coefficient (Wildman–Crippen LogP) is 6.07. The lowest BCUT2D eigenvalue weighted by Crippen LogP contribution is -2.16. The molecule has 1 nitrogen and oxygen atoms in total. The zero-order chi connectivity index (χ0) is 15.4. The lowest BCUT2D eigenvalue weighted by molar-refractivity contribution is 0.293. The number of rotatable bonds is 5. The first-order chi connectivity index (χ1) is 10.8. The normalized spacial score (nSPS) is 23.5. The maximum absolute atomic E-state index is 4.05. The third-order valence-corrected chi connectivity index (χ3v) is 5.26. The van der Waals surface area contributed by atoms with Gasteiger partial charge in [0, 0.05) is 11.3 Å². The molecule has 0 N–H and O–H groups in total. The Kier molecular flexibility index (Phi) is 4.82. The second-order valence-electron chi connectivity index (χ2n) is 6.56. The number of allylic oxidation sites excluding steroid dienone is 2. The molecule has 1 aliphatic heterocycles. The Labute approximate surface area is 135 Å². The van der Waals surface area contributed by atoms with Crippen molar-refractivity contribution in [3.63, 3.8) is 0 Å². The molecule has 3 rings (SSSR count). The van der Waals surface area contributed by atoms with Crippen LogP contribution >= 0.6 is 0 Å². The molecule has 0 amide bonds. The summed E-state index contributed by atoms with van der Waals surface area (Å²) in [5.74, 6) is 0.931. The van der Waals surface area contributed by atoms with E-state index in [1.807, 2.05) is 12.3 Å². The van der Waals surface area contributed by atoms with Crippen LogP contribution in [-0.4, -0.2) is 4.90 Å². The minimum atomic E-state index is 0.446. The third kappa shape index (κ3) is 2.90. The maximum Gasteiger partial charge on any atom is 0.0592 e. The molecule has 0 spiro atoms. The van der Waals surface area contributed by atoms with E-state index in [1.165, 1.54) is 61.8 Å². The van der Waals surface area contributed by atoms with Crippen LogP contribution in [0, 0.1) is 5.92 Å². The van der Waals surface area contributed by atoms with Crippen LogP contribution in [0.5, 0.6) is 0 Å². The summed E-state index contributed by atoms with van der Waals surface area (Å²) in [5, 5.41) is 0. The minimum Gasteiger partial charge on any atom is -0.341 e. The van der Waals surface area contributed by atoms with Crippen LogP contribution in [0.4, 0.5) is 0 Å². The van der Waals surface area contributed by atoms with Crippen molar-refractivity contribution in [3.8, 4) is 0 Å². The Morgan fingerprint density at radius 1 is 1.05 bits per heavy atom. The first-order valence-electron chi connectivity index (χ1n) is 8.68. The van der Waals surface area contributed by atoms with Crippen LogP contribution in [-0.2, 0) is 0 Å². The van der Waals surface area contributed by atoms with Gasteiger partial charge in [-0.2, -0.15) is 0 Å². The lowest BCUT2D eigenvalue weighted by atomic mass is 9.84. The monoisotopic (exact) mass is 293 g/mol. The third-order valence-electron chi connectivity index (χ3n) is 5.26. The van der Waals surface area contributed by atoms with Gasteiger partial charge in [-0.25, -0.2) is 0 Å². The molecular formula is C21H27N. The van der Waals surface area contributed by atoms with Gasteiger partial charge in [0.1, 0.15) is 0 Å². The van der Waals surface area contributed by atoms with Gasteiger partial charge in [-0.3, -0.25) is 0 Å². The average molecular weight is 293 g/mol. The maximum atomic E-state index is 4.05. The quantitative estimate of drug-likeness (QED) is 0.636. The molecule has 1 fully saturated rings. The van der Waals surface area contributed by atoms with Crippen molar-refractivity contribution in [2.45, 2.75) is 51.0 Å². The van der Waals surface area contributed by atoms with Gasteiger partial charge in [-0.15, -0.1) is 0 Å². The zero-order valence-corrected chi connectivity index (χ0v) is 13.5. The van der Waals surface area contributed by atoms with E-state index in [0.717, 1.165) is 5.92 Å². The molecule has 0 aromatic heterocycles. The number of fused-ring (bicyclic) bond motifs is 1. The fraction of sp³-hybridized carbons (Fsp3) is 0.429. The van der Waals surface area contributed by atoms with E-state index in [4.69, 9.17) is 0 Å². The van der Waals surface area contributed by atoms with Gasteiger partial charge in [-0.1, -0.05) is 75.6 Å². The molecular weight excluding hydrogens is 266 g/mol. The van der Waals surface area contributed by atoms with E-state index in [1.54, 1.807) is 0 Å². The number of hydrogen-bond acceptors (Lipinski definition) is 1. The molecule has 0 radical (unpaired) electrons. The number of hydrogen-bond donors (Lipinski definition) is 0. The molecule has 22 heavy (non-hydrogen) atoms. The van der Waals surface area contributed by atoms with Crippen molar-refractivity contribution < 1.29 is 0 Å². The first-order valence-corrected chi connectivity index (χ1v) is 8.68. The Morgan fingerprint density at radius 2 is 1.82 bits per heavy atom.